The fraction of sp³-hybridized carbons (Fsp3) is 0.500. The Morgan fingerprint density at radius 1 is 0.543 bits per heavy atom. The maximum atomic E-state index is 12.7. The molecule has 0 N–H and O–H groups in total. The van der Waals surface area contributed by atoms with Crippen molar-refractivity contribution < 1.29 is 48.0 Å². The van der Waals surface area contributed by atoms with Crippen molar-refractivity contribution in [2.24, 2.45) is 0 Å². The van der Waals surface area contributed by atoms with E-state index in [2.05, 4.69) is 29.7 Å². The molecular weight excluding hydrogens is 909 g/mol. The number of aromatic nitrogens is 4. The van der Waals surface area contributed by atoms with Crippen LogP contribution in [0.15, 0.2) is 61.2 Å². The Balaban J connectivity index is 0.000000206. The number of nitro groups is 2. The summed E-state index contributed by atoms with van der Waals surface area (Å²) in [6, 6.07) is 10.6. The molecule has 70 heavy (non-hydrogen) atoms. The van der Waals surface area contributed by atoms with Crippen LogP contribution in [0.4, 0.5) is 32.6 Å². The number of nitro benzene ring substituents is 2. The van der Waals surface area contributed by atoms with Crippen molar-refractivity contribution in [2.75, 3.05) is 62.2 Å². The average Bonchev–Trinajstić information content (AvgIpc) is 3.82. The van der Waals surface area contributed by atoms with Gasteiger partial charge in [-0.25, -0.2) is 39.1 Å². The van der Waals surface area contributed by atoms with Gasteiger partial charge in [0.15, 0.2) is 0 Å². The molecule has 0 spiro atoms. The SMILES string of the molecule is C[C@@H]1C[C@@H](OC(=O)c2ccc([N+](=O)[O-])cc2)c2ncnc(N3CCN(C(=O)OC(C)(C)C)CC3)c21.C[C@@H]1C[C@H](OC(=O)c2ccc([N+](=O)[O-])cc2)c2ncnc(N3CCN(C(=O)OC(C)(C)C)CC3)c21. The lowest BCUT2D eigenvalue weighted by Gasteiger charge is -2.37. The van der Waals surface area contributed by atoms with Crippen molar-refractivity contribution in [3.05, 3.63) is 115 Å². The molecule has 2 aliphatic carbocycles. The number of rotatable bonds is 8. The highest BCUT2D eigenvalue weighted by Crippen LogP contribution is 2.46. The average molecular weight is 967 g/mol. The van der Waals surface area contributed by atoms with Crippen molar-refractivity contribution in [3.8, 4) is 0 Å². The van der Waals surface area contributed by atoms with Crippen LogP contribution in [0.2, 0.25) is 0 Å². The van der Waals surface area contributed by atoms with E-state index in [-0.39, 0.29) is 46.5 Å². The van der Waals surface area contributed by atoms with E-state index in [4.69, 9.17) is 18.9 Å². The number of esters is 2. The van der Waals surface area contributed by atoms with E-state index in [1.807, 2.05) is 55.4 Å². The van der Waals surface area contributed by atoms with Gasteiger partial charge in [-0.15, -0.1) is 0 Å². The van der Waals surface area contributed by atoms with Crippen molar-refractivity contribution in [1.29, 1.82) is 0 Å². The molecule has 2 aromatic carbocycles. The Labute approximate surface area is 404 Å². The van der Waals surface area contributed by atoms with E-state index in [1.165, 1.54) is 61.2 Å². The van der Waals surface area contributed by atoms with Gasteiger partial charge in [-0.2, -0.15) is 0 Å². The smallest absolute Gasteiger partial charge is 0.410 e. The molecule has 2 aromatic heterocycles. The fourth-order valence-electron chi connectivity index (χ4n) is 8.76. The number of benzene rings is 2. The number of anilines is 2. The number of nitrogens with zero attached hydrogens (tertiary/aromatic N) is 10. The van der Waals surface area contributed by atoms with Gasteiger partial charge in [-0.1, -0.05) is 13.8 Å². The molecule has 0 unspecified atom stereocenters. The first-order chi connectivity index (χ1) is 33.1. The highest BCUT2D eigenvalue weighted by atomic mass is 16.6. The van der Waals surface area contributed by atoms with Crippen LogP contribution >= 0.6 is 0 Å². The van der Waals surface area contributed by atoms with Gasteiger partial charge in [0.2, 0.25) is 0 Å². The number of hydrogen-bond donors (Lipinski definition) is 0. The van der Waals surface area contributed by atoms with Crippen LogP contribution in [0, 0.1) is 20.2 Å². The quantitative estimate of drug-likeness (QED) is 0.0709. The number of carbonyl (C=O) groups excluding carboxylic acids is 4. The molecule has 2 aliphatic heterocycles. The van der Waals surface area contributed by atoms with Gasteiger partial charge in [-0.3, -0.25) is 20.2 Å². The van der Waals surface area contributed by atoms with Crippen LogP contribution < -0.4 is 9.80 Å². The van der Waals surface area contributed by atoms with Gasteiger partial charge in [-0.05, 0) is 90.5 Å². The summed E-state index contributed by atoms with van der Waals surface area (Å²) in [6.45, 7) is 19.6. The van der Waals surface area contributed by atoms with Gasteiger partial charge in [0.25, 0.3) is 11.4 Å². The van der Waals surface area contributed by atoms with Crippen LogP contribution in [0.1, 0.15) is 136 Å². The Hall–Kier alpha value is -7.52. The highest BCUT2D eigenvalue weighted by molar-refractivity contribution is 5.90. The van der Waals surface area contributed by atoms with Gasteiger partial charge in [0, 0.05) is 87.8 Å². The Morgan fingerprint density at radius 3 is 1.17 bits per heavy atom. The first-order valence-corrected chi connectivity index (χ1v) is 23.1. The van der Waals surface area contributed by atoms with Crippen LogP contribution in [-0.2, 0) is 18.9 Å². The van der Waals surface area contributed by atoms with E-state index >= 15 is 0 Å². The monoisotopic (exact) mass is 966 g/mol. The molecule has 2 fully saturated rings. The lowest BCUT2D eigenvalue weighted by atomic mass is 10.1. The second-order valence-corrected chi connectivity index (χ2v) is 19.6. The molecule has 22 nitrogen and oxygen atoms in total. The molecule has 372 valence electrons. The third-order valence-corrected chi connectivity index (χ3v) is 12.1. The maximum Gasteiger partial charge on any atom is 0.410 e. The summed E-state index contributed by atoms with van der Waals surface area (Å²) in [5, 5.41) is 21.7. The number of carbonyl (C=O) groups is 4. The first kappa shape index (κ1) is 50.4. The standard InChI is InChI=1S/2C24H29N5O6/c2*1-15-13-18(34-22(30)16-5-7-17(8-6-16)29(32)33)20-19(15)21(26-14-25-20)27-9-11-28(12-10-27)23(31)35-24(2,3)4/h2*5-8,14-15,18H,9-13H2,1-4H3/t15-,18+;15-,18-/m11/s1. The summed E-state index contributed by atoms with van der Waals surface area (Å²) in [4.78, 5) is 96.4. The van der Waals surface area contributed by atoms with Crippen LogP contribution in [0.5, 0.6) is 0 Å². The molecular formula is C48H58N10O12. The van der Waals surface area contributed by atoms with Gasteiger partial charge >= 0.3 is 24.1 Å². The summed E-state index contributed by atoms with van der Waals surface area (Å²) in [6.07, 6.45) is 2.36. The highest BCUT2D eigenvalue weighted by Gasteiger charge is 2.39. The number of piperazine rings is 2. The molecule has 0 saturated carbocycles. The molecule has 0 radical (unpaired) electrons. The van der Waals surface area contributed by atoms with Crippen LogP contribution in [0.3, 0.4) is 0 Å². The second-order valence-electron chi connectivity index (χ2n) is 19.6. The van der Waals surface area contributed by atoms with Crippen LogP contribution in [-0.4, -0.2) is 127 Å². The number of fused-ring (bicyclic) bond motifs is 2. The van der Waals surface area contributed by atoms with Gasteiger partial charge < -0.3 is 38.5 Å². The molecule has 22 heteroatoms. The van der Waals surface area contributed by atoms with Crippen molar-refractivity contribution in [1.82, 2.24) is 29.7 Å². The topological polar surface area (TPSA) is 256 Å². The van der Waals surface area contributed by atoms with E-state index < -0.39 is 45.2 Å². The van der Waals surface area contributed by atoms with E-state index in [0.29, 0.717) is 76.6 Å². The summed E-state index contributed by atoms with van der Waals surface area (Å²) >= 11 is 0. The zero-order valence-corrected chi connectivity index (χ0v) is 40.5. The summed E-state index contributed by atoms with van der Waals surface area (Å²) in [7, 11) is 0. The number of ether oxygens (including phenoxy) is 4. The predicted octanol–water partition coefficient (Wildman–Crippen LogP) is 7.69. The van der Waals surface area contributed by atoms with Gasteiger partial charge in [0.1, 0.15) is 47.7 Å². The molecule has 2 amide bonds. The summed E-state index contributed by atoms with van der Waals surface area (Å²) < 4.78 is 22.4. The Bertz CT molecular complexity index is 2420. The maximum absolute atomic E-state index is 12.7. The molecule has 2 saturated heterocycles. The zero-order chi connectivity index (χ0) is 50.7. The number of hydrogen-bond acceptors (Lipinski definition) is 18. The minimum Gasteiger partial charge on any atom is -0.452 e. The zero-order valence-electron chi connectivity index (χ0n) is 40.5. The molecule has 8 rings (SSSR count). The molecule has 0 bridgehead atoms. The summed E-state index contributed by atoms with van der Waals surface area (Å²) in [5.74, 6) is 0.604. The van der Waals surface area contributed by atoms with Crippen molar-refractivity contribution >= 4 is 47.1 Å². The minimum absolute atomic E-state index is 0.0692. The minimum atomic E-state index is -0.559. The van der Waals surface area contributed by atoms with Crippen molar-refractivity contribution in [3.63, 3.8) is 0 Å². The third kappa shape index (κ3) is 11.8. The molecule has 4 aliphatic rings. The fourth-order valence-corrected chi connectivity index (χ4v) is 8.76. The Morgan fingerprint density at radius 2 is 0.871 bits per heavy atom. The number of non-ortho nitro benzene ring substituents is 2. The van der Waals surface area contributed by atoms with E-state index in [9.17, 15) is 39.4 Å². The second kappa shape index (κ2) is 20.6. The lowest BCUT2D eigenvalue weighted by molar-refractivity contribution is -0.385. The van der Waals surface area contributed by atoms with Gasteiger partial charge in [0.05, 0.1) is 32.4 Å². The normalized spacial score (nSPS) is 19.8. The molecule has 4 atom stereocenters. The Kier molecular flexibility index (Phi) is 14.8. The first-order valence-electron chi connectivity index (χ1n) is 23.1. The van der Waals surface area contributed by atoms with Crippen LogP contribution in [0.25, 0.3) is 0 Å². The predicted molar refractivity (Wildman–Crippen MR) is 253 cm³/mol. The molecule has 4 aromatic rings. The van der Waals surface area contributed by atoms with Crippen molar-refractivity contribution in [2.45, 2.75) is 103 Å². The van der Waals surface area contributed by atoms with E-state index in [0.717, 1.165) is 22.8 Å². The third-order valence-electron chi connectivity index (χ3n) is 12.1. The molecule has 4 heterocycles. The largest absolute Gasteiger partial charge is 0.452 e. The number of amides is 2. The lowest BCUT2D eigenvalue weighted by Crippen LogP contribution is -2.50. The van der Waals surface area contributed by atoms with E-state index in [1.54, 1.807) is 9.80 Å². The summed E-state index contributed by atoms with van der Waals surface area (Å²) in [5.41, 5.74) is 2.44.